The first-order chi connectivity index (χ1) is 11.1. The summed E-state index contributed by atoms with van der Waals surface area (Å²) in [6, 6.07) is 1.50. The molecular formula is C13H18N4O6S. The zero-order chi connectivity index (χ0) is 18.3. The highest BCUT2D eigenvalue weighted by Gasteiger charge is 2.23. The van der Waals surface area contributed by atoms with Gasteiger partial charge in [0.1, 0.15) is 11.6 Å². The smallest absolute Gasteiger partial charge is 0.422 e. The second-order valence-corrected chi connectivity index (χ2v) is 6.57. The monoisotopic (exact) mass is 358 g/mol. The van der Waals surface area contributed by atoms with Crippen LogP contribution in [0.25, 0.3) is 0 Å². The number of hydrogen-bond donors (Lipinski definition) is 3. The molecule has 1 atom stereocenters. The Morgan fingerprint density at radius 1 is 1.50 bits per heavy atom. The Labute approximate surface area is 142 Å². The van der Waals surface area contributed by atoms with E-state index in [1.165, 1.54) is 18.3 Å². The summed E-state index contributed by atoms with van der Waals surface area (Å²) in [5.41, 5.74) is 3.51. The Kier molecular flexibility index (Phi) is 6.92. The van der Waals surface area contributed by atoms with E-state index in [0.717, 1.165) is 11.8 Å². The quantitative estimate of drug-likeness (QED) is 0.376. The molecule has 1 rings (SSSR count). The van der Waals surface area contributed by atoms with Crippen LogP contribution in [0.15, 0.2) is 23.4 Å². The first-order valence-corrected chi connectivity index (χ1v) is 7.78. The van der Waals surface area contributed by atoms with E-state index >= 15 is 0 Å². The molecular weight excluding hydrogens is 340 g/mol. The van der Waals surface area contributed by atoms with Crippen molar-refractivity contribution < 1.29 is 24.4 Å². The van der Waals surface area contributed by atoms with E-state index in [0.29, 0.717) is 0 Å². The Hall–Kier alpha value is -2.40. The number of hydrogen-bond acceptors (Lipinski definition) is 8. The number of nitrogens with one attached hydrogen (secondary N) is 2. The van der Waals surface area contributed by atoms with Crippen molar-refractivity contribution >= 4 is 29.5 Å². The van der Waals surface area contributed by atoms with E-state index in [1.807, 2.05) is 0 Å². The molecule has 0 fully saturated rings. The molecule has 0 bridgehead atoms. The van der Waals surface area contributed by atoms with E-state index in [-0.39, 0.29) is 16.5 Å². The third kappa shape index (κ3) is 6.79. The largest absolute Gasteiger partial charge is 0.480 e. The number of carbonyl (C=O) groups excluding carboxylic acids is 1. The molecule has 0 aromatic carbocycles. The molecule has 10 nitrogen and oxygen atoms in total. The van der Waals surface area contributed by atoms with Crippen LogP contribution in [0.1, 0.15) is 20.8 Å². The van der Waals surface area contributed by atoms with Crippen molar-refractivity contribution in [3.63, 3.8) is 0 Å². The summed E-state index contributed by atoms with van der Waals surface area (Å²) >= 11 is 0.888. The van der Waals surface area contributed by atoms with Crippen molar-refractivity contribution in [1.29, 1.82) is 0 Å². The van der Waals surface area contributed by atoms with Gasteiger partial charge in [0.25, 0.3) is 0 Å². The van der Waals surface area contributed by atoms with Crippen molar-refractivity contribution in [2.45, 2.75) is 37.4 Å². The van der Waals surface area contributed by atoms with Crippen LogP contribution in [0.3, 0.4) is 0 Å². The van der Waals surface area contributed by atoms with Crippen molar-refractivity contribution in [3.05, 3.63) is 28.4 Å². The molecule has 0 unspecified atom stereocenters. The molecule has 0 radical (unpaired) electrons. The minimum atomic E-state index is -1.24. The first kappa shape index (κ1) is 19.6. The number of rotatable bonds is 7. The number of nitro groups is 1. The number of nitrogens with zero attached hydrogens (tertiary/aromatic N) is 2. The van der Waals surface area contributed by atoms with Gasteiger partial charge in [-0.1, -0.05) is 11.8 Å². The van der Waals surface area contributed by atoms with Crippen molar-refractivity contribution in [2.75, 3.05) is 5.75 Å². The third-order valence-corrected chi connectivity index (χ3v) is 3.47. The lowest BCUT2D eigenvalue weighted by Crippen LogP contribution is -2.50. The number of carbonyl (C=O) groups is 2. The van der Waals surface area contributed by atoms with Crippen LogP contribution in [-0.4, -0.2) is 44.5 Å². The fourth-order valence-electron chi connectivity index (χ4n) is 1.42. The maximum Gasteiger partial charge on any atom is 0.422 e. The molecule has 0 saturated heterocycles. The van der Waals surface area contributed by atoms with Gasteiger partial charge >= 0.3 is 17.7 Å². The van der Waals surface area contributed by atoms with Crippen LogP contribution < -0.4 is 10.9 Å². The van der Waals surface area contributed by atoms with E-state index in [9.17, 15) is 19.7 Å². The SMILES string of the molecule is CC(C)(C)OC(=O)NN[C@@H](CSc1ncccc1[N+](=O)[O-])C(=O)O. The van der Waals surface area contributed by atoms with Gasteiger partial charge in [-0.2, -0.15) is 0 Å². The Morgan fingerprint density at radius 3 is 2.71 bits per heavy atom. The van der Waals surface area contributed by atoms with Crippen LogP contribution in [0.5, 0.6) is 0 Å². The van der Waals surface area contributed by atoms with Crippen LogP contribution in [0.4, 0.5) is 10.5 Å². The summed E-state index contributed by atoms with van der Waals surface area (Å²) < 4.78 is 4.97. The lowest BCUT2D eigenvalue weighted by atomic mass is 10.2. The molecule has 1 aromatic rings. The average Bonchev–Trinajstić information content (AvgIpc) is 2.45. The molecule has 1 aromatic heterocycles. The standard InChI is InChI=1S/C13H18N4O6S/c1-13(2,3)23-12(20)16-15-8(11(18)19)7-24-10-9(17(21)22)5-4-6-14-10/h4-6,8,15H,7H2,1-3H3,(H,16,20)(H,18,19)/t8-/m0/s1. The molecule has 0 spiro atoms. The number of carboxylic acid groups (broad SMARTS) is 1. The maximum atomic E-state index is 11.5. The molecule has 0 saturated carbocycles. The topological polar surface area (TPSA) is 144 Å². The number of thioether (sulfide) groups is 1. The van der Waals surface area contributed by atoms with Gasteiger partial charge in [0.05, 0.1) is 4.92 Å². The zero-order valence-electron chi connectivity index (χ0n) is 13.3. The van der Waals surface area contributed by atoms with Crippen LogP contribution >= 0.6 is 11.8 Å². The molecule has 0 aliphatic rings. The van der Waals surface area contributed by atoms with Gasteiger partial charge in [-0.25, -0.2) is 15.2 Å². The molecule has 24 heavy (non-hydrogen) atoms. The predicted molar refractivity (Wildman–Crippen MR) is 85.5 cm³/mol. The van der Waals surface area contributed by atoms with Crippen LogP contribution in [-0.2, 0) is 9.53 Å². The predicted octanol–water partition coefficient (Wildman–Crippen LogP) is 1.56. The second kappa shape index (κ2) is 8.45. The van der Waals surface area contributed by atoms with Gasteiger partial charge in [-0.15, -0.1) is 0 Å². The second-order valence-electron chi connectivity index (χ2n) is 5.56. The molecule has 1 amide bonds. The van der Waals surface area contributed by atoms with Crippen molar-refractivity contribution in [1.82, 2.24) is 15.8 Å². The normalized spacial score (nSPS) is 12.3. The number of aliphatic carboxylic acids is 1. The number of carboxylic acids is 1. The summed E-state index contributed by atoms with van der Waals surface area (Å²) in [7, 11) is 0. The van der Waals surface area contributed by atoms with Gasteiger partial charge in [-0.3, -0.25) is 20.3 Å². The summed E-state index contributed by atoms with van der Waals surface area (Å²) in [4.78, 5) is 36.9. The number of aromatic nitrogens is 1. The first-order valence-electron chi connectivity index (χ1n) is 6.79. The summed E-state index contributed by atoms with van der Waals surface area (Å²) in [5.74, 6) is -1.33. The highest BCUT2D eigenvalue weighted by Crippen LogP contribution is 2.26. The number of hydrazine groups is 1. The Bertz CT molecular complexity index is 619. The Morgan fingerprint density at radius 2 is 2.17 bits per heavy atom. The summed E-state index contributed by atoms with van der Waals surface area (Å²) in [5, 5.41) is 20.1. The fraction of sp³-hybridized carbons (Fsp3) is 0.462. The summed E-state index contributed by atoms with van der Waals surface area (Å²) in [6.07, 6.45) is 0.542. The molecule has 3 N–H and O–H groups in total. The van der Waals surface area contributed by atoms with Gasteiger partial charge in [0.15, 0.2) is 5.03 Å². The van der Waals surface area contributed by atoms with Gasteiger partial charge in [0, 0.05) is 18.0 Å². The average molecular weight is 358 g/mol. The minimum absolute atomic E-state index is 0.0906. The van der Waals surface area contributed by atoms with Crippen molar-refractivity contribution in [2.24, 2.45) is 0 Å². The van der Waals surface area contributed by atoms with E-state index in [2.05, 4.69) is 15.8 Å². The molecule has 1 heterocycles. The summed E-state index contributed by atoms with van der Waals surface area (Å²) in [6.45, 7) is 4.99. The molecule has 0 aliphatic heterocycles. The fourth-order valence-corrected chi connectivity index (χ4v) is 2.40. The highest BCUT2D eigenvalue weighted by molar-refractivity contribution is 7.99. The lowest BCUT2D eigenvalue weighted by molar-refractivity contribution is -0.388. The highest BCUT2D eigenvalue weighted by atomic mass is 32.2. The number of amides is 1. The van der Waals surface area contributed by atoms with Gasteiger partial charge in [-0.05, 0) is 26.8 Å². The molecule has 132 valence electrons. The Balaban J connectivity index is 2.63. The molecule has 11 heteroatoms. The number of ether oxygens (including phenoxy) is 1. The van der Waals surface area contributed by atoms with Crippen LogP contribution in [0, 0.1) is 10.1 Å². The number of pyridine rings is 1. The lowest BCUT2D eigenvalue weighted by Gasteiger charge is -2.21. The third-order valence-electron chi connectivity index (χ3n) is 2.38. The van der Waals surface area contributed by atoms with E-state index < -0.39 is 28.6 Å². The zero-order valence-corrected chi connectivity index (χ0v) is 14.1. The van der Waals surface area contributed by atoms with Gasteiger partial charge < -0.3 is 9.84 Å². The maximum absolute atomic E-state index is 11.5. The van der Waals surface area contributed by atoms with Crippen LogP contribution in [0.2, 0.25) is 0 Å². The van der Waals surface area contributed by atoms with Gasteiger partial charge in [0.2, 0.25) is 0 Å². The van der Waals surface area contributed by atoms with E-state index in [4.69, 9.17) is 9.84 Å². The molecule has 0 aliphatic carbocycles. The van der Waals surface area contributed by atoms with Crippen molar-refractivity contribution in [3.8, 4) is 0 Å². The minimum Gasteiger partial charge on any atom is -0.480 e. The van der Waals surface area contributed by atoms with E-state index in [1.54, 1.807) is 20.8 Å².